The highest BCUT2D eigenvalue weighted by Gasteiger charge is 2.22. The molecule has 3 nitrogen and oxygen atoms in total. The molecule has 0 amide bonds. The van der Waals surface area contributed by atoms with Crippen molar-refractivity contribution in [2.24, 2.45) is 0 Å². The molecular weight excluding hydrogens is 305 g/mol. The number of rotatable bonds is 5. The molecule has 1 heterocycles. The molecule has 1 atom stereocenters. The molecule has 2 N–H and O–H groups in total. The number of carboxylic acid groups (broad SMARTS) is 1. The second kappa shape index (κ2) is 6.39. The minimum atomic E-state index is -0.985. The lowest BCUT2D eigenvalue weighted by Gasteiger charge is -2.16. The first kappa shape index (κ1) is 14.3. The predicted octanol–water partition coefficient (Wildman–Crippen LogP) is 3.97. The molecule has 1 aromatic carbocycles. The van der Waals surface area contributed by atoms with E-state index in [0.717, 1.165) is 4.88 Å². The van der Waals surface area contributed by atoms with Crippen molar-refractivity contribution in [2.45, 2.75) is 12.6 Å². The number of hydrogen-bond donors (Lipinski definition) is 2. The van der Waals surface area contributed by atoms with E-state index in [0.29, 0.717) is 17.1 Å². The number of nitrogens with one attached hydrogen (secondary N) is 1. The van der Waals surface area contributed by atoms with Crippen molar-refractivity contribution in [3.8, 4) is 0 Å². The second-order valence-electron chi connectivity index (χ2n) is 3.87. The maximum Gasteiger partial charge on any atom is 0.325 e. The zero-order valence-corrected chi connectivity index (χ0v) is 12.1. The standard InChI is InChI=1S/C13H11Cl2NO2S/c14-10-5-1-4-9(11(10)15)12(13(17)18)16-7-8-3-2-6-19-8/h1-6,12,16H,7H2,(H,17,18). The number of carboxylic acids is 1. The molecular formula is C13H11Cl2NO2S. The van der Waals surface area contributed by atoms with Gasteiger partial charge in [-0.2, -0.15) is 0 Å². The lowest BCUT2D eigenvalue weighted by atomic mass is 10.1. The molecule has 0 saturated carbocycles. The normalized spacial score (nSPS) is 12.3. The van der Waals surface area contributed by atoms with Gasteiger partial charge in [-0.1, -0.05) is 41.4 Å². The summed E-state index contributed by atoms with van der Waals surface area (Å²) in [6.07, 6.45) is 0. The fourth-order valence-electron chi connectivity index (χ4n) is 1.69. The summed E-state index contributed by atoms with van der Waals surface area (Å²) in [7, 11) is 0. The summed E-state index contributed by atoms with van der Waals surface area (Å²) >= 11 is 13.5. The van der Waals surface area contributed by atoms with E-state index < -0.39 is 12.0 Å². The number of carbonyl (C=O) groups is 1. The Kier molecular flexibility index (Phi) is 4.82. The lowest BCUT2D eigenvalue weighted by Crippen LogP contribution is -2.28. The van der Waals surface area contributed by atoms with Gasteiger partial charge in [0.2, 0.25) is 0 Å². The topological polar surface area (TPSA) is 49.3 Å². The first-order valence-electron chi connectivity index (χ1n) is 5.52. The Hall–Kier alpha value is -1.07. The lowest BCUT2D eigenvalue weighted by molar-refractivity contribution is -0.139. The van der Waals surface area contributed by atoms with Gasteiger partial charge in [0, 0.05) is 17.0 Å². The summed E-state index contributed by atoms with van der Waals surface area (Å²) in [5.41, 5.74) is 0.471. The van der Waals surface area contributed by atoms with E-state index >= 15 is 0 Å². The van der Waals surface area contributed by atoms with Crippen molar-refractivity contribution in [2.75, 3.05) is 0 Å². The average molecular weight is 316 g/mol. The van der Waals surface area contributed by atoms with Crippen molar-refractivity contribution >= 4 is 40.5 Å². The van der Waals surface area contributed by atoms with Gasteiger partial charge in [0.25, 0.3) is 0 Å². The number of halogens is 2. The molecule has 6 heteroatoms. The summed E-state index contributed by atoms with van der Waals surface area (Å²) in [5, 5.41) is 14.9. The van der Waals surface area contributed by atoms with Gasteiger partial charge in [0.05, 0.1) is 10.0 Å². The second-order valence-corrected chi connectivity index (χ2v) is 5.69. The highest BCUT2D eigenvalue weighted by atomic mass is 35.5. The molecule has 0 spiro atoms. The van der Waals surface area contributed by atoms with Gasteiger partial charge in [-0.25, -0.2) is 0 Å². The fraction of sp³-hybridized carbons (Fsp3) is 0.154. The SMILES string of the molecule is O=C(O)C(NCc1cccs1)c1cccc(Cl)c1Cl. The van der Waals surface area contributed by atoms with Crippen LogP contribution in [0.3, 0.4) is 0 Å². The Morgan fingerprint density at radius 1 is 1.32 bits per heavy atom. The molecule has 0 aliphatic rings. The first-order chi connectivity index (χ1) is 9.09. The van der Waals surface area contributed by atoms with E-state index in [-0.39, 0.29) is 5.02 Å². The highest BCUT2D eigenvalue weighted by Crippen LogP contribution is 2.30. The Labute approximate surface area is 124 Å². The predicted molar refractivity (Wildman–Crippen MR) is 78.0 cm³/mol. The summed E-state index contributed by atoms with van der Waals surface area (Å²) in [4.78, 5) is 12.4. The molecule has 0 saturated heterocycles. The monoisotopic (exact) mass is 315 g/mol. The molecule has 100 valence electrons. The van der Waals surface area contributed by atoms with E-state index in [9.17, 15) is 9.90 Å². The zero-order chi connectivity index (χ0) is 13.8. The van der Waals surface area contributed by atoms with Crippen molar-refractivity contribution in [3.05, 3.63) is 56.2 Å². The van der Waals surface area contributed by atoms with Gasteiger partial charge in [-0.05, 0) is 17.5 Å². The van der Waals surface area contributed by atoms with Crippen molar-refractivity contribution < 1.29 is 9.90 Å². The van der Waals surface area contributed by atoms with Crippen molar-refractivity contribution in [3.63, 3.8) is 0 Å². The molecule has 19 heavy (non-hydrogen) atoms. The summed E-state index contributed by atoms with van der Waals surface area (Å²) in [6, 6.07) is 7.96. The smallest absolute Gasteiger partial charge is 0.325 e. The van der Waals surface area contributed by atoms with Gasteiger partial charge >= 0.3 is 5.97 Å². The van der Waals surface area contributed by atoms with Crippen LogP contribution in [0.25, 0.3) is 0 Å². The minimum absolute atomic E-state index is 0.273. The summed E-state index contributed by atoms with van der Waals surface area (Å²) in [5.74, 6) is -0.985. The zero-order valence-electron chi connectivity index (χ0n) is 9.77. The third-order valence-corrected chi connectivity index (χ3v) is 4.31. The van der Waals surface area contributed by atoms with Crippen LogP contribution in [-0.4, -0.2) is 11.1 Å². The fourth-order valence-corrected chi connectivity index (χ4v) is 2.76. The van der Waals surface area contributed by atoms with Crippen molar-refractivity contribution in [1.82, 2.24) is 5.32 Å². The number of benzene rings is 1. The Morgan fingerprint density at radius 2 is 2.11 bits per heavy atom. The first-order valence-corrected chi connectivity index (χ1v) is 7.15. The van der Waals surface area contributed by atoms with Gasteiger partial charge in [-0.3, -0.25) is 10.1 Å². The van der Waals surface area contributed by atoms with Gasteiger partial charge in [-0.15, -0.1) is 11.3 Å². The van der Waals surface area contributed by atoms with E-state index in [2.05, 4.69) is 5.32 Å². The number of aliphatic carboxylic acids is 1. The highest BCUT2D eigenvalue weighted by molar-refractivity contribution is 7.09. The summed E-state index contributed by atoms with van der Waals surface area (Å²) in [6.45, 7) is 0.470. The van der Waals surface area contributed by atoms with E-state index in [4.69, 9.17) is 23.2 Å². The van der Waals surface area contributed by atoms with Crippen LogP contribution in [0.2, 0.25) is 10.0 Å². The molecule has 2 rings (SSSR count). The molecule has 1 aromatic heterocycles. The van der Waals surface area contributed by atoms with Crippen LogP contribution in [0.4, 0.5) is 0 Å². The van der Waals surface area contributed by atoms with Crippen LogP contribution in [0.15, 0.2) is 35.7 Å². The van der Waals surface area contributed by atoms with E-state index in [1.807, 2.05) is 17.5 Å². The van der Waals surface area contributed by atoms with Crippen LogP contribution < -0.4 is 5.32 Å². The molecule has 0 fully saturated rings. The van der Waals surface area contributed by atoms with E-state index in [1.165, 1.54) is 0 Å². The third kappa shape index (κ3) is 3.48. The van der Waals surface area contributed by atoms with Crippen LogP contribution in [0.5, 0.6) is 0 Å². The largest absolute Gasteiger partial charge is 0.480 e. The third-order valence-electron chi connectivity index (χ3n) is 2.60. The molecule has 0 radical (unpaired) electrons. The maximum absolute atomic E-state index is 11.4. The maximum atomic E-state index is 11.4. The molecule has 1 unspecified atom stereocenters. The minimum Gasteiger partial charge on any atom is -0.480 e. The van der Waals surface area contributed by atoms with Gasteiger partial charge in [0.15, 0.2) is 0 Å². The molecule has 2 aromatic rings. The van der Waals surface area contributed by atoms with Crippen LogP contribution in [0.1, 0.15) is 16.5 Å². The Morgan fingerprint density at radius 3 is 2.74 bits per heavy atom. The number of hydrogen-bond acceptors (Lipinski definition) is 3. The van der Waals surface area contributed by atoms with Crippen LogP contribution >= 0.6 is 34.5 Å². The Bertz CT molecular complexity index is 572. The molecule has 0 aliphatic heterocycles. The van der Waals surface area contributed by atoms with Gasteiger partial charge < -0.3 is 5.11 Å². The molecule has 0 aliphatic carbocycles. The van der Waals surface area contributed by atoms with Crippen molar-refractivity contribution in [1.29, 1.82) is 0 Å². The molecule has 0 bridgehead atoms. The Balaban J connectivity index is 2.20. The van der Waals surface area contributed by atoms with E-state index in [1.54, 1.807) is 29.5 Å². The van der Waals surface area contributed by atoms with Crippen LogP contribution in [-0.2, 0) is 11.3 Å². The summed E-state index contributed by atoms with van der Waals surface area (Å²) < 4.78 is 0. The van der Waals surface area contributed by atoms with Crippen LogP contribution in [0, 0.1) is 0 Å². The quantitative estimate of drug-likeness (QED) is 0.877. The average Bonchev–Trinajstić information content (AvgIpc) is 2.87. The number of thiophene rings is 1. The van der Waals surface area contributed by atoms with Gasteiger partial charge in [0.1, 0.15) is 6.04 Å².